The first-order chi connectivity index (χ1) is 11.3. The molecule has 0 unspecified atom stereocenters. The summed E-state index contributed by atoms with van der Waals surface area (Å²) in [4.78, 5) is 5.30. The van der Waals surface area contributed by atoms with Gasteiger partial charge >= 0.3 is 0 Å². The molecule has 0 radical (unpaired) electrons. The highest BCUT2D eigenvalue weighted by atomic mass is 16.3. The molecule has 3 heterocycles. The lowest BCUT2D eigenvalue weighted by Gasteiger charge is -2.41. The Bertz CT molecular complexity index is 601. The number of rotatable bonds is 3. The summed E-state index contributed by atoms with van der Waals surface area (Å²) < 4.78 is 5.97. The van der Waals surface area contributed by atoms with Gasteiger partial charge in [-0.05, 0) is 56.8 Å². The minimum atomic E-state index is 0.814. The van der Waals surface area contributed by atoms with Gasteiger partial charge in [-0.25, -0.2) is 0 Å². The molecule has 0 N–H and O–H groups in total. The van der Waals surface area contributed by atoms with Gasteiger partial charge in [0.05, 0.1) is 6.54 Å². The van der Waals surface area contributed by atoms with E-state index in [1.54, 1.807) is 0 Å². The zero-order valence-electron chi connectivity index (χ0n) is 14.2. The topological polar surface area (TPSA) is 19.6 Å². The molecule has 2 saturated heterocycles. The van der Waals surface area contributed by atoms with Gasteiger partial charge in [0.25, 0.3) is 0 Å². The fraction of sp³-hybridized carbons (Fsp3) is 0.600. The van der Waals surface area contributed by atoms with Crippen LogP contribution in [0.1, 0.15) is 38.4 Å². The summed E-state index contributed by atoms with van der Waals surface area (Å²) in [6, 6.07) is 11.3. The maximum Gasteiger partial charge on any atom is 0.134 e. The molecule has 1 aromatic carbocycles. The first-order valence-electron chi connectivity index (χ1n) is 9.22. The summed E-state index contributed by atoms with van der Waals surface area (Å²) in [5.74, 6) is 2.04. The highest BCUT2D eigenvalue weighted by Crippen LogP contribution is 2.25. The zero-order chi connectivity index (χ0) is 15.6. The number of likely N-dealkylation sites (tertiary alicyclic amines) is 2. The van der Waals surface area contributed by atoms with Crippen LogP contribution in [0.3, 0.4) is 0 Å². The van der Waals surface area contributed by atoms with Gasteiger partial charge in [0.15, 0.2) is 0 Å². The van der Waals surface area contributed by atoms with Crippen molar-refractivity contribution in [1.82, 2.24) is 9.80 Å². The Labute approximate surface area is 139 Å². The molecule has 0 spiro atoms. The molecule has 23 heavy (non-hydrogen) atoms. The average molecular weight is 312 g/mol. The third kappa shape index (κ3) is 3.46. The smallest absolute Gasteiger partial charge is 0.134 e. The molecule has 1 aromatic heterocycles. The number of benzene rings is 1. The maximum absolute atomic E-state index is 5.97. The second-order valence-corrected chi connectivity index (χ2v) is 7.48. The first-order valence-corrected chi connectivity index (χ1v) is 9.22. The number of hydrogen-bond acceptors (Lipinski definition) is 3. The van der Waals surface area contributed by atoms with Crippen molar-refractivity contribution in [2.24, 2.45) is 5.92 Å². The molecule has 0 atom stereocenters. The highest BCUT2D eigenvalue weighted by Gasteiger charge is 2.27. The summed E-state index contributed by atoms with van der Waals surface area (Å²) in [5.41, 5.74) is 1.01. The predicted molar refractivity (Wildman–Crippen MR) is 94.5 cm³/mol. The third-order valence-corrected chi connectivity index (χ3v) is 5.75. The van der Waals surface area contributed by atoms with E-state index in [2.05, 4.69) is 41.0 Å². The minimum Gasteiger partial charge on any atom is -0.460 e. The molecule has 4 rings (SSSR count). The number of para-hydroxylation sites is 1. The summed E-state index contributed by atoms with van der Waals surface area (Å²) in [7, 11) is 0. The minimum absolute atomic E-state index is 0.814. The van der Waals surface area contributed by atoms with E-state index in [-0.39, 0.29) is 0 Å². The second kappa shape index (κ2) is 6.66. The molecule has 0 amide bonds. The van der Waals surface area contributed by atoms with E-state index in [1.165, 1.54) is 57.2 Å². The highest BCUT2D eigenvalue weighted by molar-refractivity contribution is 5.77. The number of hydrogen-bond donors (Lipinski definition) is 0. The van der Waals surface area contributed by atoms with E-state index >= 15 is 0 Å². The Morgan fingerprint density at radius 3 is 2.48 bits per heavy atom. The number of nitrogens with zero attached hydrogens (tertiary/aromatic N) is 2. The van der Waals surface area contributed by atoms with Crippen molar-refractivity contribution >= 4 is 11.0 Å². The average Bonchev–Trinajstić information content (AvgIpc) is 2.98. The summed E-state index contributed by atoms with van der Waals surface area (Å²) in [6.45, 7) is 8.39. The van der Waals surface area contributed by atoms with Crippen molar-refractivity contribution in [3.05, 3.63) is 36.1 Å². The molecular formula is C20H28N2O. The molecule has 0 bridgehead atoms. The number of fused-ring (bicyclic) bond motifs is 1. The molecule has 3 heteroatoms. The summed E-state index contributed by atoms with van der Waals surface area (Å²) in [5, 5.41) is 1.22. The van der Waals surface area contributed by atoms with Crippen LogP contribution in [-0.4, -0.2) is 42.0 Å². The number of furan rings is 1. The van der Waals surface area contributed by atoms with Crippen molar-refractivity contribution in [2.75, 3.05) is 26.2 Å². The molecule has 0 saturated carbocycles. The number of piperidine rings is 2. The maximum atomic E-state index is 5.97. The SMILES string of the molecule is CC1CCN(C2CCN(Cc3cc4ccccc4o3)CC2)CC1. The van der Waals surface area contributed by atoms with Crippen LogP contribution >= 0.6 is 0 Å². The van der Waals surface area contributed by atoms with E-state index in [4.69, 9.17) is 4.42 Å². The molecular weight excluding hydrogens is 284 g/mol. The van der Waals surface area contributed by atoms with Crippen LogP contribution in [0, 0.1) is 5.92 Å². The van der Waals surface area contributed by atoms with Gasteiger partial charge in [0.2, 0.25) is 0 Å². The van der Waals surface area contributed by atoms with Crippen molar-refractivity contribution in [2.45, 2.75) is 45.2 Å². The van der Waals surface area contributed by atoms with Gasteiger partial charge in [-0.15, -0.1) is 0 Å². The third-order valence-electron chi connectivity index (χ3n) is 5.75. The van der Waals surface area contributed by atoms with Gasteiger partial charge in [-0.2, -0.15) is 0 Å². The predicted octanol–water partition coefficient (Wildman–Crippen LogP) is 4.13. The van der Waals surface area contributed by atoms with Crippen LogP contribution in [0.4, 0.5) is 0 Å². The van der Waals surface area contributed by atoms with Crippen LogP contribution in [-0.2, 0) is 6.54 Å². The van der Waals surface area contributed by atoms with Crippen molar-refractivity contribution in [3.63, 3.8) is 0 Å². The van der Waals surface area contributed by atoms with Crippen LogP contribution in [0.15, 0.2) is 34.7 Å². The second-order valence-electron chi connectivity index (χ2n) is 7.48. The largest absolute Gasteiger partial charge is 0.460 e. The van der Waals surface area contributed by atoms with E-state index in [0.29, 0.717) is 0 Å². The lowest BCUT2D eigenvalue weighted by atomic mass is 9.95. The Morgan fingerprint density at radius 1 is 1.00 bits per heavy atom. The first kappa shape index (κ1) is 15.2. The molecule has 2 aromatic rings. The van der Waals surface area contributed by atoms with Crippen LogP contribution in [0.2, 0.25) is 0 Å². The van der Waals surface area contributed by atoms with Gasteiger partial charge in [0, 0.05) is 24.5 Å². The monoisotopic (exact) mass is 312 g/mol. The quantitative estimate of drug-likeness (QED) is 0.849. The molecule has 2 aliphatic heterocycles. The van der Waals surface area contributed by atoms with E-state index in [9.17, 15) is 0 Å². The standard InChI is InChI=1S/C20H28N2O/c1-16-6-12-22(13-7-16)18-8-10-21(11-9-18)15-19-14-17-4-2-3-5-20(17)23-19/h2-5,14,16,18H,6-13,15H2,1H3. The fourth-order valence-electron chi connectivity index (χ4n) is 4.17. The Kier molecular flexibility index (Phi) is 4.41. The van der Waals surface area contributed by atoms with E-state index in [1.807, 2.05) is 6.07 Å². The van der Waals surface area contributed by atoms with Crippen molar-refractivity contribution in [3.8, 4) is 0 Å². The van der Waals surface area contributed by atoms with Crippen LogP contribution in [0.5, 0.6) is 0 Å². The van der Waals surface area contributed by atoms with Crippen molar-refractivity contribution < 1.29 is 4.42 Å². The fourth-order valence-corrected chi connectivity index (χ4v) is 4.17. The Balaban J connectivity index is 1.31. The summed E-state index contributed by atoms with van der Waals surface area (Å²) >= 11 is 0. The van der Waals surface area contributed by atoms with E-state index in [0.717, 1.165) is 29.8 Å². The van der Waals surface area contributed by atoms with Gasteiger partial charge < -0.3 is 9.32 Å². The summed E-state index contributed by atoms with van der Waals surface area (Å²) in [6.07, 6.45) is 5.40. The molecule has 2 fully saturated rings. The van der Waals surface area contributed by atoms with Crippen molar-refractivity contribution in [1.29, 1.82) is 0 Å². The van der Waals surface area contributed by atoms with Crippen LogP contribution in [0.25, 0.3) is 11.0 Å². The van der Waals surface area contributed by atoms with E-state index < -0.39 is 0 Å². The Morgan fingerprint density at radius 2 is 1.74 bits per heavy atom. The van der Waals surface area contributed by atoms with Crippen LogP contribution < -0.4 is 0 Å². The van der Waals surface area contributed by atoms with Gasteiger partial charge in [-0.1, -0.05) is 25.1 Å². The molecule has 2 aliphatic rings. The normalized spacial score (nSPS) is 22.8. The molecule has 124 valence electrons. The molecule has 0 aliphatic carbocycles. The van der Waals surface area contributed by atoms with Gasteiger partial charge in [-0.3, -0.25) is 4.90 Å². The molecule has 3 nitrogen and oxygen atoms in total. The lowest BCUT2D eigenvalue weighted by Crippen LogP contribution is -2.47. The lowest BCUT2D eigenvalue weighted by molar-refractivity contribution is 0.0757. The van der Waals surface area contributed by atoms with Gasteiger partial charge in [0.1, 0.15) is 11.3 Å². The Hall–Kier alpha value is -1.32. The zero-order valence-corrected chi connectivity index (χ0v) is 14.2.